The standard InChI is InChI=1S/C11H10N2O5/c14-10(18-11(15)12-6-3-7-12)8-4-1-2-5-9(8)13(16)17/h1-2,4-5H,3,6-7H2. The Kier molecular flexibility index (Phi) is 3.22. The Morgan fingerprint density at radius 1 is 1.28 bits per heavy atom. The molecule has 94 valence electrons. The largest absolute Gasteiger partial charge is 0.417 e. The monoisotopic (exact) mass is 250 g/mol. The molecule has 0 aromatic heterocycles. The zero-order chi connectivity index (χ0) is 13.1. The number of benzene rings is 1. The van der Waals surface area contributed by atoms with Gasteiger partial charge in [-0.2, -0.15) is 0 Å². The molecule has 1 saturated heterocycles. The molecule has 7 heteroatoms. The van der Waals surface area contributed by atoms with Crippen molar-refractivity contribution in [3.8, 4) is 0 Å². The molecule has 0 atom stereocenters. The molecule has 18 heavy (non-hydrogen) atoms. The van der Waals surface area contributed by atoms with Crippen LogP contribution in [-0.4, -0.2) is 35.0 Å². The topological polar surface area (TPSA) is 89.8 Å². The van der Waals surface area contributed by atoms with E-state index in [9.17, 15) is 19.7 Å². The summed E-state index contributed by atoms with van der Waals surface area (Å²) in [5, 5.41) is 10.7. The zero-order valence-electron chi connectivity index (χ0n) is 9.37. The van der Waals surface area contributed by atoms with Gasteiger partial charge in [0.05, 0.1) is 4.92 Å². The van der Waals surface area contributed by atoms with Crippen molar-refractivity contribution in [2.75, 3.05) is 13.1 Å². The van der Waals surface area contributed by atoms with Gasteiger partial charge in [-0.15, -0.1) is 0 Å². The van der Waals surface area contributed by atoms with Crippen LogP contribution in [0.15, 0.2) is 24.3 Å². The number of hydrogen-bond donors (Lipinski definition) is 0. The molecule has 2 rings (SSSR count). The molecule has 0 spiro atoms. The number of ether oxygens (including phenoxy) is 1. The second-order valence-corrected chi connectivity index (χ2v) is 3.77. The summed E-state index contributed by atoms with van der Waals surface area (Å²) >= 11 is 0. The smallest absolute Gasteiger partial charge is 0.372 e. The molecule has 1 heterocycles. The van der Waals surface area contributed by atoms with Gasteiger partial charge in [0, 0.05) is 19.2 Å². The highest BCUT2D eigenvalue weighted by molar-refractivity contribution is 5.99. The third kappa shape index (κ3) is 2.29. The summed E-state index contributed by atoms with van der Waals surface area (Å²) < 4.78 is 4.57. The number of esters is 1. The minimum Gasteiger partial charge on any atom is -0.372 e. The highest BCUT2D eigenvalue weighted by atomic mass is 16.6. The number of nitro benzene ring substituents is 1. The Hall–Kier alpha value is -2.44. The second kappa shape index (κ2) is 4.82. The average Bonchev–Trinajstić information content (AvgIpc) is 2.26. The molecular formula is C11H10N2O5. The summed E-state index contributed by atoms with van der Waals surface area (Å²) in [6.07, 6.45) is 0.110. The van der Waals surface area contributed by atoms with Crippen molar-refractivity contribution in [3.63, 3.8) is 0 Å². The van der Waals surface area contributed by atoms with Crippen LogP contribution in [0.5, 0.6) is 0 Å². The lowest BCUT2D eigenvalue weighted by Crippen LogP contribution is -2.43. The Bertz CT molecular complexity index is 510. The van der Waals surface area contributed by atoms with Crippen molar-refractivity contribution < 1.29 is 19.2 Å². The van der Waals surface area contributed by atoms with E-state index in [1.54, 1.807) is 0 Å². The zero-order valence-corrected chi connectivity index (χ0v) is 9.37. The van der Waals surface area contributed by atoms with Crippen LogP contribution < -0.4 is 0 Å². The number of hydrogen-bond acceptors (Lipinski definition) is 5. The number of para-hydroxylation sites is 1. The van der Waals surface area contributed by atoms with Gasteiger partial charge >= 0.3 is 12.1 Å². The molecule has 0 saturated carbocycles. The molecule has 1 amide bonds. The lowest BCUT2D eigenvalue weighted by Gasteiger charge is -2.29. The summed E-state index contributed by atoms with van der Waals surface area (Å²) in [7, 11) is 0. The van der Waals surface area contributed by atoms with Crippen molar-refractivity contribution in [1.82, 2.24) is 4.90 Å². The molecule has 0 N–H and O–H groups in total. The van der Waals surface area contributed by atoms with Crippen LogP contribution in [0.2, 0.25) is 0 Å². The molecule has 1 aliphatic rings. The third-order valence-electron chi connectivity index (χ3n) is 2.61. The molecule has 0 aliphatic carbocycles. The first kappa shape index (κ1) is 12.0. The van der Waals surface area contributed by atoms with Gasteiger partial charge in [-0.05, 0) is 12.5 Å². The Balaban J connectivity index is 2.13. The summed E-state index contributed by atoms with van der Waals surface area (Å²) in [4.78, 5) is 34.4. The molecule has 1 aromatic rings. The molecule has 0 bridgehead atoms. The van der Waals surface area contributed by atoms with Crippen molar-refractivity contribution in [2.45, 2.75) is 6.42 Å². The van der Waals surface area contributed by atoms with E-state index in [-0.39, 0.29) is 11.3 Å². The van der Waals surface area contributed by atoms with Gasteiger partial charge in [0.25, 0.3) is 5.69 Å². The van der Waals surface area contributed by atoms with Crippen LogP contribution in [-0.2, 0) is 4.74 Å². The van der Waals surface area contributed by atoms with Gasteiger partial charge in [-0.1, -0.05) is 12.1 Å². The molecule has 0 unspecified atom stereocenters. The van der Waals surface area contributed by atoms with Gasteiger partial charge < -0.3 is 9.64 Å². The highest BCUT2D eigenvalue weighted by Gasteiger charge is 2.27. The summed E-state index contributed by atoms with van der Waals surface area (Å²) in [6, 6.07) is 5.35. The second-order valence-electron chi connectivity index (χ2n) is 3.77. The van der Waals surface area contributed by atoms with Crippen LogP contribution in [0.4, 0.5) is 10.5 Å². The number of carbonyl (C=O) groups is 2. The summed E-state index contributed by atoms with van der Waals surface area (Å²) in [5.41, 5.74) is -0.602. The average molecular weight is 250 g/mol. The third-order valence-corrected chi connectivity index (χ3v) is 2.61. The number of nitro groups is 1. The maximum Gasteiger partial charge on any atom is 0.417 e. The minimum atomic E-state index is -1.00. The Morgan fingerprint density at radius 3 is 2.50 bits per heavy atom. The van der Waals surface area contributed by atoms with E-state index >= 15 is 0 Å². The molecule has 1 aromatic carbocycles. The summed E-state index contributed by atoms with van der Waals surface area (Å²) in [6.45, 7) is 1.09. The summed E-state index contributed by atoms with van der Waals surface area (Å²) in [5.74, 6) is -1.00. The van der Waals surface area contributed by atoms with Gasteiger partial charge in [0.15, 0.2) is 0 Å². The number of nitrogens with zero attached hydrogens (tertiary/aromatic N) is 2. The van der Waals surface area contributed by atoms with E-state index in [1.165, 1.54) is 29.2 Å². The van der Waals surface area contributed by atoms with Gasteiger partial charge in [0.2, 0.25) is 0 Å². The van der Waals surface area contributed by atoms with Gasteiger partial charge in [-0.3, -0.25) is 10.1 Å². The highest BCUT2D eigenvalue weighted by Crippen LogP contribution is 2.19. The van der Waals surface area contributed by atoms with Crippen molar-refractivity contribution in [2.24, 2.45) is 0 Å². The van der Waals surface area contributed by atoms with Gasteiger partial charge in [-0.25, -0.2) is 9.59 Å². The maximum atomic E-state index is 11.7. The lowest BCUT2D eigenvalue weighted by atomic mass is 10.2. The van der Waals surface area contributed by atoms with Crippen LogP contribution in [0, 0.1) is 10.1 Å². The predicted octanol–water partition coefficient (Wildman–Crippen LogP) is 1.58. The fourth-order valence-corrected chi connectivity index (χ4v) is 1.50. The van der Waals surface area contributed by atoms with Crippen molar-refractivity contribution >= 4 is 17.7 Å². The van der Waals surface area contributed by atoms with Crippen LogP contribution in [0.25, 0.3) is 0 Å². The quantitative estimate of drug-likeness (QED) is 0.344. The van der Waals surface area contributed by atoms with Gasteiger partial charge in [0.1, 0.15) is 5.56 Å². The van der Waals surface area contributed by atoms with Crippen LogP contribution in [0.1, 0.15) is 16.8 Å². The fourth-order valence-electron chi connectivity index (χ4n) is 1.50. The Labute approximate surface area is 102 Å². The predicted molar refractivity (Wildman–Crippen MR) is 60.1 cm³/mol. The number of likely N-dealkylation sites (tertiary alicyclic amines) is 1. The number of rotatable bonds is 2. The molecule has 1 aliphatic heterocycles. The van der Waals surface area contributed by atoms with E-state index in [0.29, 0.717) is 13.1 Å². The first-order valence-electron chi connectivity index (χ1n) is 5.34. The molecule has 0 radical (unpaired) electrons. The number of amides is 1. The number of carbonyl (C=O) groups excluding carboxylic acids is 2. The van der Waals surface area contributed by atoms with E-state index in [4.69, 9.17) is 0 Å². The maximum absolute atomic E-state index is 11.7. The Morgan fingerprint density at radius 2 is 1.94 bits per heavy atom. The first-order valence-corrected chi connectivity index (χ1v) is 5.34. The minimum absolute atomic E-state index is 0.226. The van der Waals surface area contributed by atoms with Crippen molar-refractivity contribution in [1.29, 1.82) is 0 Å². The molecular weight excluding hydrogens is 240 g/mol. The SMILES string of the molecule is O=C(OC(=O)N1CCC1)c1ccccc1[N+](=O)[O-]. The van der Waals surface area contributed by atoms with E-state index < -0.39 is 17.0 Å². The van der Waals surface area contributed by atoms with Crippen LogP contribution >= 0.6 is 0 Å². The van der Waals surface area contributed by atoms with Crippen LogP contribution in [0.3, 0.4) is 0 Å². The first-order chi connectivity index (χ1) is 8.59. The van der Waals surface area contributed by atoms with E-state index in [0.717, 1.165) is 6.42 Å². The van der Waals surface area contributed by atoms with E-state index in [2.05, 4.69) is 4.74 Å². The lowest BCUT2D eigenvalue weighted by molar-refractivity contribution is -0.385. The normalized spacial score (nSPS) is 13.7. The fraction of sp³-hybridized carbons (Fsp3) is 0.273. The molecule has 7 nitrogen and oxygen atoms in total. The van der Waals surface area contributed by atoms with Crippen molar-refractivity contribution in [3.05, 3.63) is 39.9 Å². The molecule has 1 fully saturated rings. The van der Waals surface area contributed by atoms with E-state index in [1.807, 2.05) is 0 Å².